The van der Waals surface area contributed by atoms with Crippen LogP contribution in [0, 0.1) is 5.82 Å². The van der Waals surface area contributed by atoms with Gasteiger partial charge in [0.25, 0.3) is 0 Å². The molecule has 1 N–H and O–H groups in total. The summed E-state index contributed by atoms with van der Waals surface area (Å²) in [6.07, 6.45) is 0.725. The Hall–Kier alpha value is -2.03. The van der Waals surface area contributed by atoms with Crippen molar-refractivity contribution in [3.63, 3.8) is 0 Å². The van der Waals surface area contributed by atoms with Crippen molar-refractivity contribution in [2.75, 3.05) is 33.2 Å². The fourth-order valence-corrected chi connectivity index (χ4v) is 4.51. The molecular formula is C18H22FN5OS. The summed E-state index contributed by atoms with van der Waals surface area (Å²) in [5.74, 6) is 0.590. The number of rotatable bonds is 4. The van der Waals surface area contributed by atoms with Gasteiger partial charge in [-0.15, -0.1) is 5.10 Å². The molecule has 1 atom stereocenters. The highest BCUT2D eigenvalue weighted by molar-refractivity contribution is 7.17. The van der Waals surface area contributed by atoms with Crippen molar-refractivity contribution in [3.05, 3.63) is 46.3 Å². The van der Waals surface area contributed by atoms with Crippen LogP contribution in [0.1, 0.15) is 29.2 Å². The number of aryl methyl sites for hydroxylation is 1. The van der Waals surface area contributed by atoms with Gasteiger partial charge in [0.15, 0.2) is 5.82 Å². The van der Waals surface area contributed by atoms with Crippen molar-refractivity contribution in [1.29, 1.82) is 0 Å². The van der Waals surface area contributed by atoms with E-state index in [4.69, 9.17) is 0 Å². The zero-order valence-electron chi connectivity index (χ0n) is 14.9. The number of thiazole rings is 1. The number of likely N-dealkylation sites (N-methyl/N-ethyl adjacent to an activating group) is 1. The number of fused-ring (bicyclic) bond motifs is 1. The van der Waals surface area contributed by atoms with Crippen molar-refractivity contribution in [1.82, 2.24) is 24.4 Å². The molecule has 3 heterocycles. The van der Waals surface area contributed by atoms with E-state index in [2.05, 4.69) is 26.9 Å². The Balaban J connectivity index is 1.78. The number of piperazine rings is 1. The minimum absolute atomic E-state index is 0.130. The molecule has 2 aromatic heterocycles. The van der Waals surface area contributed by atoms with Crippen LogP contribution >= 0.6 is 11.3 Å². The molecule has 1 fully saturated rings. The van der Waals surface area contributed by atoms with Crippen LogP contribution in [0.15, 0.2) is 24.3 Å². The number of halogens is 1. The van der Waals surface area contributed by atoms with E-state index < -0.39 is 0 Å². The number of hydrogen-bond acceptors (Lipinski definition) is 6. The van der Waals surface area contributed by atoms with Gasteiger partial charge < -0.3 is 10.0 Å². The first kappa shape index (κ1) is 17.4. The lowest BCUT2D eigenvalue weighted by atomic mass is 10.0. The zero-order chi connectivity index (χ0) is 18.3. The Kier molecular flexibility index (Phi) is 4.64. The van der Waals surface area contributed by atoms with Gasteiger partial charge in [0.2, 0.25) is 10.8 Å². The van der Waals surface area contributed by atoms with Crippen molar-refractivity contribution in [2.45, 2.75) is 19.4 Å². The number of aromatic hydroxyl groups is 1. The molecule has 8 heteroatoms. The van der Waals surface area contributed by atoms with Crippen LogP contribution in [0.2, 0.25) is 0 Å². The van der Waals surface area contributed by atoms with Crippen molar-refractivity contribution >= 4 is 16.3 Å². The highest BCUT2D eigenvalue weighted by Crippen LogP contribution is 2.40. The summed E-state index contributed by atoms with van der Waals surface area (Å²) in [6, 6.07) is 6.40. The van der Waals surface area contributed by atoms with E-state index in [1.165, 1.54) is 28.0 Å². The second-order valence-corrected chi connectivity index (χ2v) is 7.67. The standard InChI is InChI=1S/C18H22FN5OS/c1-3-14-20-18-24(21-14)17(25)16(26-18)15(12-4-6-13(19)7-5-12)23-10-8-22(2)9-11-23/h4-7,15,25H,3,8-11H2,1-2H3. The highest BCUT2D eigenvalue weighted by Gasteiger charge is 2.31. The molecule has 0 bridgehead atoms. The molecule has 4 rings (SSSR count). The quantitative estimate of drug-likeness (QED) is 0.759. The Labute approximate surface area is 155 Å². The van der Waals surface area contributed by atoms with Crippen LogP contribution in [0.5, 0.6) is 5.88 Å². The first-order valence-electron chi connectivity index (χ1n) is 8.82. The molecule has 0 radical (unpaired) electrons. The molecule has 0 aliphatic carbocycles. The summed E-state index contributed by atoms with van der Waals surface area (Å²) in [7, 11) is 2.11. The SMILES string of the molecule is CCc1nc2sc(C(c3ccc(F)cc3)N3CCN(C)CC3)c(O)n2n1. The van der Waals surface area contributed by atoms with Crippen LogP contribution in [0.3, 0.4) is 0 Å². The topological polar surface area (TPSA) is 56.9 Å². The van der Waals surface area contributed by atoms with Crippen molar-refractivity contribution in [3.8, 4) is 5.88 Å². The zero-order valence-corrected chi connectivity index (χ0v) is 15.7. The number of aromatic nitrogens is 3. The van der Waals surface area contributed by atoms with E-state index in [9.17, 15) is 9.50 Å². The number of benzene rings is 1. The van der Waals surface area contributed by atoms with Crippen molar-refractivity contribution < 1.29 is 9.50 Å². The van der Waals surface area contributed by atoms with Gasteiger partial charge in [-0.2, -0.15) is 4.52 Å². The first-order valence-corrected chi connectivity index (χ1v) is 9.64. The molecule has 138 valence electrons. The third kappa shape index (κ3) is 3.08. The van der Waals surface area contributed by atoms with Gasteiger partial charge in [-0.1, -0.05) is 30.4 Å². The fourth-order valence-electron chi connectivity index (χ4n) is 3.37. The third-order valence-corrected chi connectivity index (χ3v) is 5.97. The van der Waals surface area contributed by atoms with Crippen molar-refractivity contribution in [2.24, 2.45) is 0 Å². The van der Waals surface area contributed by atoms with Crippen LogP contribution < -0.4 is 0 Å². The van der Waals surface area contributed by atoms with Crippen LogP contribution in [-0.4, -0.2) is 62.7 Å². The average Bonchev–Trinajstić information content (AvgIpc) is 3.18. The summed E-state index contributed by atoms with van der Waals surface area (Å²) in [5.41, 5.74) is 0.964. The fraction of sp³-hybridized carbons (Fsp3) is 0.444. The summed E-state index contributed by atoms with van der Waals surface area (Å²) in [6.45, 7) is 5.67. The minimum atomic E-state index is -0.259. The lowest BCUT2D eigenvalue weighted by Gasteiger charge is -2.37. The van der Waals surface area contributed by atoms with Crippen LogP contribution in [0.25, 0.3) is 4.96 Å². The third-order valence-electron chi connectivity index (χ3n) is 4.90. The van der Waals surface area contributed by atoms with Gasteiger partial charge in [-0.25, -0.2) is 9.37 Å². The summed E-state index contributed by atoms with van der Waals surface area (Å²) >= 11 is 1.45. The Morgan fingerprint density at radius 3 is 2.50 bits per heavy atom. The van der Waals surface area contributed by atoms with E-state index in [0.29, 0.717) is 4.96 Å². The average molecular weight is 375 g/mol. The molecule has 1 aliphatic heterocycles. The molecule has 3 aromatic rings. The Morgan fingerprint density at radius 2 is 1.88 bits per heavy atom. The molecule has 0 saturated carbocycles. The van der Waals surface area contributed by atoms with Gasteiger partial charge in [0, 0.05) is 32.6 Å². The van der Waals surface area contributed by atoms with Gasteiger partial charge >= 0.3 is 0 Å². The summed E-state index contributed by atoms with van der Waals surface area (Å²) < 4.78 is 15.0. The molecule has 1 aliphatic rings. The summed E-state index contributed by atoms with van der Waals surface area (Å²) in [5, 5.41) is 15.2. The Bertz CT molecular complexity index is 898. The lowest BCUT2D eigenvalue weighted by Crippen LogP contribution is -2.46. The largest absolute Gasteiger partial charge is 0.492 e. The molecule has 1 unspecified atom stereocenters. The molecule has 26 heavy (non-hydrogen) atoms. The molecular weight excluding hydrogens is 353 g/mol. The van der Waals surface area contributed by atoms with E-state index in [-0.39, 0.29) is 17.7 Å². The van der Waals surface area contributed by atoms with Crippen LogP contribution in [0.4, 0.5) is 4.39 Å². The molecule has 1 aromatic carbocycles. The van der Waals surface area contributed by atoms with Gasteiger partial charge in [-0.3, -0.25) is 4.90 Å². The molecule has 0 amide bonds. The maximum Gasteiger partial charge on any atom is 0.230 e. The second kappa shape index (κ2) is 6.94. The molecule has 0 spiro atoms. The van der Waals surface area contributed by atoms with Gasteiger partial charge in [0.1, 0.15) is 5.82 Å². The lowest BCUT2D eigenvalue weighted by molar-refractivity contribution is 0.127. The highest BCUT2D eigenvalue weighted by atomic mass is 32.1. The number of hydrogen-bond donors (Lipinski definition) is 1. The Morgan fingerprint density at radius 1 is 1.19 bits per heavy atom. The predicted molar refractivity (Wildman–Crippen MR) is 99.2 cm³/mol. The van der Waals surface area contributed by atoms with E-state index in [1.807, 2.05) is 6.92 Å². The van der Waals surface area contributed by atoms with Crippen LogP contribution in [-0.2, 0) is 6.42 Å². The minimum Gasteiger partial charge on any atom is -0.492 e. The normalized spacial score (nSPS) is 17.8. The molecule has 1 saturated heterocycles. The van der Waals surface area contributed by atoms with E-state index in [1.54, 1.807) is 12.1 Å². The monoisotopic (exact) mass is 375 g/mol. The maximum atomic E-state index is 13.4. The second-order valence-electron chi connectivity index (χ2n) is 6.66. The predicted octanol–water partition coefficient (Wildman–Crippen LogP) is 2.53. The van der Waals surface area contributed by atoms with Gasteiger partial charge in [-0.05, 0) is 24.7 Å². The van der Waals surface area contributed by atoms with E-state index >= 15 is 0 Å². The molecule has 6 nitrogen and oxygen atoms in total. The summed E-state index contributed by atoms with van der Waals surface area (Å²) in [4.78, 5) is 10.6. The van der Waals surface area contributed by atoms with E-state index in [0.717, 1.165) is 48.9 Å². The van der Waals surface area contributed by atoms with Gasteiger partial charge in [0.05, 0.1) is 10.9 Å². The smallest absolute Gasteiger partial charge is 0.230 e. The number of nitrogens with zero attached hydrogens (tertiary/aromatic N) is 5. The first-order chi connectivity index (χ1) is 12.6. The maximum absolute atomic E-state index is 13.4.